The van der Waals surface area contributed by atoms with Crippen molar-refractivity contribution in [2.24, 2.45) is 0 Å². The lowest BCUT2D eigenvalue weighted by molar-refractivity contribution is -0.116. The van der Waals surface area contributed by atoms with Crippen LogP contribution in [0.5, 0.6) is 0 Å². The Bertz CT molecular complexity index is 932. The van der Waals surface area contributed by atoms with Crippen LogP contribution in [-0.4, -0.2) is 5.91 Å². The van der Waals surface area contributed by atoms with Crippen LogP contribution in [0.25, 0.3) is 10.8 Å². The third-order valence-electron chi connectivity index (χ3n) is 4.59. The highest BCUT2D eigenvalue weighted by Crippen LogP contribution is 2.41. The number of carbonyl (C=O) groups is 1. The lowest BCUT2D eigenvalue weighted by atomic mass is 9.83. The van der Waals surface area contributed by atoms with E-state index in [0.717, 1.165) is 20.9 Å². The zero-order valence-electron chi connectivity index (χ0n) is 12.8. The average Bonchev–Trinajstić information content (AvgIpc) is 2.56. The van der Waals surface area contributed by atoms with E-state index in [1.807, 2.05) is 12.1 Å². The maximum Gasteiger partial charge on any atom is 0.225 e. The second-order valence-corrected chi connectivity index (χ2v) is 6.92. The van der Waals surface area contributed by atoms with Gasteiger partial charge < -0.3 is 5.32 Å². The molecule has 0 saturated carbocycles. The zero-order chi connectivity index (χ0) is 16.0. The largest absolute Gasteiger partial charge is 0.325 e. The monoisotopic (exact) mass is 365 g/mol. The van der Waals surface area contributed by atoms with Gasteiger partial charge in [0.1, 0.15) is 0 Å². The second-order valence-electron chi connectivity index (χ2n) is 6.06. The number of halogens is 1. The average molecular weight is 366 g/mol. The summed E-state index contributed by atoms with van der Waals surface area (Å²) < 4.78 is 1.09. The van der Waals surface area contributed by atoms with Gasteiger partial charge in [0.2, 0.25) is 5.91 Å². The number of anilines is 1. The number of fused-ring (bicyclic) bond motifs is 3. The molecule has 1 N–H and O–H groups in total. The van der Waals surface area contributed by atoms with E-state index < -0.39 is 0 Å². The second kappa shape index (κ2) is 5.50. The van der Waals surface area contributed by atoms with Crippen LogP contribution >= 0.6 is 15.9 Å². The summed E-state index contributed by atoms with van der Waals surface area (Å²) in [6.45, 7) is 2.07. The fourth-order valence-corrected chi connectivity index (χ4v) is 3.72. The van der Waals surface area contributed by atoms with Crippen LogP contribution in [0.15, 0.2) is 59.1 Å². The van der Waals surface area contributed by atoms with E-state index in [0.29, 0.717) is 6.42 Å². The molecule has 0 fully saturated rings. The maximum absolute atomic E-state index is 12.3. The maximum atomic E-state index is 12.3. The van der Waals surface area contributed by atoms with E-state index in [4.69, 9.17) is 0 Å². The first kappa shape index (κ1) is 14.5. The third kappa shape index (κ3) is 2.45. The number of aryl methyl sites for hydroxylation is 1. The van der Waals surface area contributed by atoms with Crippen molar-refractivity contribution >= 4 is 38.3 Å². The minimum absolute atomic E-state index is 0.0792. The van der Waals surface area contributed by atoms with Gasteiger partial charge in [0.05, 0.1) is 5.69 Å². The highest BCUT2D eigenvalue weighted by molar-refractivity contribution is 9.10. The molecule has 4 rings (SSSR count). The molecule has 3 heteroatoms. The molecule has 0 aromatic heterocycles. The Morgan fingerprint density at radius 1 is 1.09 bits per heavy atom. The van der Waals surface area contributed by atoms with Gasteiger partial charge in [-0.2, -0.15) is 0 Å². The highest BCUT2D eigenvalue weighted by atomic mass is 79.9. The molecule has 1 atom stereocenters. The third-order valence-corrected chi connectivity index (χ3v) is 5.44. The molecule has 1 unspecified atom stereocenters. The SMILES string of the molecule is Cc1ccc(C2CC(=O)Nc3c2ccc2ccccc32)cc1Br. The van der Waals surface area contributed by atoms with Crippen LogP contribution in [-0.2, 0) is 4.79 Å². The molecule has 2 nitrogen and oxygen atoms in total. The van der Waals surface area contributed by atoms with Crippen molar-refractivity contribution in [3.8, 4) is 0 Å². The molecule has 114 valence electrons. The van der Waals surface area contributed by atoms with Gasteiger partial charge in [-0.15, -0.1) is 0 Å². The quantitative estimate of drug-likeness (QED) is 0.615. The van der Waals surface area contributed by atoms with Crippen LogP contribution in [0.3, 0.4) is 0 Å². The van der Waals surface area contributed by atoms with Gasteiger partial charge in [0, 0.05) is 22.2 Å². The molecular weight excluding hydrogens is 350 g/mol. The first-order valence-corrected chi connectivity index (χ1v) is 8.50. The standard InChI is InChI=1S/C20H16BrNO/c1-12-6-7-14(10-18(12)21)17-11-19(23)22-20-15-5-3-2-4-13(15)8-9-16(17)20/h2-10,17H,11H2,1H3,(H,22,23). The van der Waals surface area contributed by atoms with Gasteiger partial charge in [0.25, 0.3) is 0 Å². The number of hydrogen-bond acceptors (Lipinski definition) is 1. The summed E-state index contributed by atoms with van der Waals surface area (Å²) in [6, 6.07) is 18.8. The molecule has 3 aromatic rings. The number of carbonyl (C=O) groups excluding carboxylic acids is 1. The highest BCUT2D eigenvalue weighted by Gasteiger charge is 2.27. The van der Waals surface area contributed by atoms with Crippen molar-refractivity contribution in [1.82, 2.24) is 0 Å². The van der Waals surface area contributed by atoms with E-state index in [-0.39, 0.29) is 11.8 Å². The molecule has 0 saturated heterocycles. The fourth-order valence-electron chi connectivity index (χ4n) is 3.33. The summed E-state index contributed by atoms with van der Waals surface area (Å²) in [4.78, 5) is 12.3. The molecule has 0 spiro atoms. The van der Waals surface area contributed by atoms with Crippen LogP contribution in [0.4, 0.5) is 5.69 Å². The Labute approximate surface area is 143 Å². The molecule has 1 aliphatic heterocycles. The van der Waals surface area contributed by atoms with E-state index in [1.165, 1.54) is 16.7 Å². The number of amides is 1. The van der Waals surface area contributed by atoms with E-state index in [9.17, 15) is 4.79 Å². The number of hydrogen-bond donors (Lipinski definition) is 1. The van der Waals surface area contributed by atoms with Gasteiger partial charge in [-0.3, -0.25) is 4.79 Å². The van der Waals surface area contributed by atoms with Gasteiger partial charge in [-0.25, -0.2) is 0 Å². The van der Waals surface area contributed by atoms with Crippen molar-refractivity contribution < 1.29 is 4.79 Å². The van der Waals surface area contributed by atoms with Crippen LogP contribution in [0, 0.1) is 6.92 Å². The molecule has 0 radical (unpaired) electrons. The molecule has 1 aliphatic rings. The van der Waals surface area contributed by atoms with Gasteiger partial charge in [0.15, 0.2) is 0 Å². The molecule has 0 aliphatic carbocycles. The lowest BCUT2D eigenvalue weighted by Gasteiger charge is -2.27. The summed E-state index contributed by atoms with van der Waals surface area (Å²) in [5.41, 5.74) is 4.53. The van der Waals surface area contributed by atoms with E-state index in [2.05, 4.69) is 70.6 Å². The normalized spacial score (nSPS) is 17.0. The van der Waals surface area contributed by atoms with Gasteiger partial charge in [-0.1, -0.05) is 64.5 Å². The molecule has 23 heavy (non-hydrogen) atoms. The topological polar surface area (TPSA) is 29.1 Å². The van der Waals surface area contributed by atoms with E-state index >= 15 is 0 Å². The first-order valence-electron chi connectivity index (χ1n) is 7.71. The summed E-state index contributed by atoms with van der Waals surface area (Å²) >= 11 is 3.61. The zero-order valence-corrected chi connectivity index (χ0v) is 14.4. The minimum Gasteiger partial charge on any atom is -0.325 e. The van der Waals surface area contributed by atoms with E-state index in [1.54, 1.807) is 0 Å². The number of benzene rings is 3. The van der Waals surface area contributed by atoms with Crippen molar-refractivity contribution in [3.05, 3.63) is 75.8 Å². The summed E-state index contributed by atoms with van der Waals surface area (Å²) in [6.07, 6.45) is 0.487. The van der Waals surface area contributed by atoms with Crippen LogP contribution < -0.4 is 5.32 Å². The fraction of sp³-hybridized carbons (Fsp3) is 0.150. The van der Waals surface area contributed by atoms with Crippen molar-refractivity contribution in [2.45, 2.75) is 19.3 Å². The molecule has 1 amide bonds. The molecule has 3 aromatic carbocycles. The smallest absolute Gasteiger partial charge is 0.225 e. The first-order chi connectivity index (χ1) is 11.1. The van der Waals surface area contributed by atoms with Crippen molar-refractivity contribution in [1.29, 1.82) is 0 Å². The molecule has 1 heterocycles. The number of rotatable bonds is 1. The Kier molecular flexibility index (Phi) is 3.46. The lowest BCUT2D eigenvalue weighted by Crippen LogP contribution is -2.23. The van der Waals surface area contributed by atoms with Crippen molar-refractivity contribution in [3.63, 3.8) is 0 Å². The Hall–Kier alpha value is -2.13. The van der Waals surface area contributed by atoms with Gasteiger partial charge >= 0.3 is 0 Å². The Morgan fingerprint density at radius 3 is 2.74 bits per heavy atom. The van der Waals surface area contributed by atoms with Gasteiger partial charge in [-0.05, 0) is 35.1 Å². The Morgan fingerprint density at radius 2 is 1.91 bits per heavy atom. The Balaban J connectivity index is 1.92. The predicted molar refractivity (Wildman–Crippen MR) is 97.9 cm³/mol. The van der Waals surface area contributed by atoms with Crippen molar-refractivity contribution in [2.75, 3.05) is 5.32 Å². The van der Waals surface area contributed by atoms with Crippen LogP contribution in [0.1, 0.15) is 29.0 Å². The predicted octanol–water partition coefficient (Wildman–Crippen LogP) is 5.38. The molecular formula is C20H16BrNO. The van der Waals surface area contributed by atoms with Crippen LogP contribution in [0.2, 0.25) is 0 Å². The summed E-state index contributed by atoms with van der Waals surface area (Å²) in [5, 5.41) is 5.33. The summed E-state index contributed by atoms with van der Waals surface area (Å²) in [7, 11) is 0. The molecule has 0 bridgehead atoms. The number of nitrogens with one attached hydrogen (secondary N) is 1. The minimum atomic E-state index is 0.0792. The summed E-state index contributed by atoms with van der Waals surface area (Å²) in [5.74, 6) is 0.177.